The molecule has 0 unspecified atom stereocenters. The maximum Gasteiger partial charge on any atom is 0.308 e. The van der Waals surface area contributed by atoms with E-state index in [0.717, 1.165) is 17.7 Å². The SMILES string of the molecule is O=C(O)[C@@H]1CCCN(C(=O)Cc2cnn(-c3ccccc3)c2)C1. The number of para-hydroxylation sites is 1. The van der Waals surface area contributed by atoms with Gasteiger partial charge in [-0.1, -0.05) is 18.2 Å². The van der Waals surface area contributed by atoms with Gasteiger partial charge in [0.05, 0.1) is 24.2 Å². The normalized spacial score (nSPS) is 17.9. The third-order valence-corrected chi connectivity index (χ3v) is 4.14. The molecule has 0 aliphatic carbocycles. The number of likely N-dealkylation sites (tertiary alicyclic amines) is 1. The molecule has 1 aliphatic heterocycles. The third-order valence-electron chi connectivity index (χ3n) is 4.14. The summed E-state index contributed by atoms with van der Waals surface area (Å²) in [5.74, 6) is -1.30. The smallest absolute Gasteiger partial charge is 0.308 e. The highest BCUT2D eigenvalue weighted by molar-refractivity contribution is 5.80. The molecule has 6 heteroatoms. The number of hydrogen-bond donors (Lipinski definition) is 1. The van der Waals surface area contributed by atoms with Crippen molar-refractivity contribution < 1.29 is 14.7 Å². The number of aliphatic carboxylic acids is 1. The van der Waals surface area contributed by atoms with Crippen LogP contribution >= 0.6 is 0 Å². The van der Waals surface area contributed by atoms with Gasteiger partial charge in [-0.2, -0.15) is 5.10 Å². The second-order valence-electron chi connectivity index (χ2n) is 5.82. The van der Waals surface area contributed by atoms with Gasteiger partial charge in [-0.15, -0.1) is 0 Å². The predicted octanol–water partition coefficient (Wildman–Crippen LogP) is 1.74. The van der Waals surface area contributed by atoms with Crippen LogP contribution in [0.25, 0.3) is 5.69 Å². The van der Waals surface area contributed by atoms with Gasteiger partial charge in [0.15, 0.2) is 0 Å². The zero-order valence-electron chi connectivity index (χ0n) is 12.8. The van der Waals surface area contributed by atoms with E-state index in [0.29, 0.717) is 19.5 Å². The van der Waals surface area contributed by atoms with Gasteiger partial charge in [0, 0.05) is 19.3 Å². The maximum absolute atomic E-state index is 12.4. The summed E-state index contributed by atoms with van der Waals surface area (Å²) in [5.41, 5.74) is 1.77. The fourth-order valence-corrected chi connectivity index (χ4v) is 2.86. The predicted molar refractivity (Wildman–Crippen MR) is 84.2 cm³/mol. The summed E-state index contributed by atoms with van der Waals surface area (Å²) >= 11 is 0. The molecule has 0 spiro atoms. The molecule has 6 nitrogen and oxygen atoms in total. The number of carbonyl (C=O) groups is 2. The average Bonchev–Trinajstić information content (AvgIpc) is 3.04. The Kier molecular flexibility index (Phi) is 4.41. The van der Waals surface area contributed by atoms with Crippen LogP contribution < -0.4 is 0 Å². The van der Waals surface area contributed by atoms with Crippen molar-refractivity contribution in [3.8, 4) is 5.69 Å². The van der Waals surface area contributed by atoms with Crippen LogP contribution in [0, 0.1) is 5.92 Å². The van der Waals surface area contributed by atoms with Crippen LogP contribution in [0.15, 0.2) is 42.7 Å². The topological polar surface area (TPSA) is 75.4 Å². The van der Waals surface area contributed by atoms with Crippen molar-refractivity contribution >= 4 is 11.9 Å². The Morgan fingerprint density at radius 3 is 2.78 bits per heavy atom. The van der Waals surface area contributed by atoms with E-state index in [2.05, 4.69) is 5.10 Å². The largest absolute Gasteiger partial charge is 0.481 e. The molecule has 1 aromatic carbocycles. The van der Waals surface area contributed by atoms with Crippen molar-refractivity contribution in [3.05, 3.63) is 48.3 Å². The quantitative estimate of drug-likeness (QED) is 0.933. The van der Waals surface area contributed by atoms with Crippen LogP contribution in [0.5, 0.6) is 0 Å². The van der Waals surface area contributed by atoms with Crippen LogP contribution in [0.2, 0.25) is 0 Å². The molecule has 0 bridgehead atoms. The minimum absolute atomic E-state index is 0.0384. The molecule has 1 amide bonds. The standard InChI is InChI=1S/C17H19N3O3/c21-16(19-8-4-5-14(12-19)17(22)23)9-13-10-18-20(11-13)15-6-2-1-3-7-15/h1-3,6-7,10-11,14H,4-5,8-9,12H2,(H,22,23)/t14-/m1/s1. The zero-order valence-corrected chi connectivity index (χ0v) is 12.8. The first kappa shape index (κ1) is 15.3. The summed E-state index contributed by atoms with van der Waals surface area (Å²) < 4.78 is 1.73. The fraction of sp³-hybridized carbons (Fsp3) is 0.353. The van der Waals surface area contributed by atoms with E-state index in [1.165, 1.54) is 0 Å². The molecule has 120 valence electrons. The number of carbonyl (C=O) groups excluding carboxylic acids is 1. The summed E-state index contributed by atoms with van der Waals surface area (Å²) in [6.45, 7) is 0.941. The zero-order chi connectivity index (χ0) is 16.2. The van der Waals surface area contributed by atoms with Crippen LogP contribution in [0.4, 0.5) is 0 Å². The van der Waals surface area contributed by atoms with Crippen LogP contribution in [-0.4, -0.2) is 44.8 Å². The van der Waals surface area contributed by atoms with E-state index >= 15 is 0 Å². The molecule has 1 atom stereocenters. The Morgan fingerprint density at radius 2 is 2.04 bits per heavy atom. The summed E-state index contributed by atoms with van der Waals surface area (Å²) in [6, 6.07) is 9.69. The summed E-state index contributed by atoms with van der Waals surface area (Å²) in [4.78, 5) is 25.1. The van der Waals surface area contributed by atoms with E-state index in [4.69, 9.17) is 5.11 Å². The first-order chi connectivity index (χ1) is 11.1. The van der Waals surface area contributed by atoms with Crippen molar-refractivity contribution in [2.24, 2.45) is 5.92 Å². The lowest BCUT2D eigenvalue weighted by Gasteiger charge is -2.30. The van der Waals surface area contributed by atoms with Crippen molar-refractivity contribution in [3.63, 3.8) is 0 Å². The van der Waals surface area contributed by atoms with Crippen LogP contribution in [-0.2, 0) is 16.0 Å². The Bertz CT molecular complexity index is 696. The van der Waals surface area contributed by atoms with E-state index < -0.39 is 11.9 Å². The number of carboxylic acids is 1. The van der Waals surface area contributed by atoms with Crippen molar-refractivity contribution in [1.82, 2.24) is 14.7 Å². The summed E-state index contributed by atoms with van der Waals surface area (Å²) in [7, 11) is 0. The highest BCUT2D eigenvalue weighted by Crippen LogP contribution is 2.18. The number of benzene rings is 1. The van der Waals surface area contributed by atoms with Crippen molar-refractivity contribution in [2.75, 3.05) is 13.1 Å². The lowest BCUT2D eigenvalue weighted by molar-refractivity contribution is -0.145. The second kappa shape index (κ2) is 6.64. The Labute approximate surface area is 134 Å². The first-order valence-electron chi connectivity index (χ1n) is 7.73. The molecule has 0 saturated carbocycles. The van der Waals surface area contributed by atoms with Gasteiger partial charge in [0.1, 0.15) is 0 Å². The summed E-state index contributed by atoms with van der Waals surface area (Å²) in [5, 5.41) is 13.4. The molecule has 1 N–H and O–H groups in total. The summed E-state index contributed by atoms with van der Waals surface area (Å²) in [6.07, 6.45) is 5.16. The molecule has 1 fully saturated rings. The van der Waals surface area contributed by atoms with Gasteiger partial charge >= 0.3 is 5.97 Å². The van der Waals surface area contributed by atoms with E-state index in [-0.39, 0.29) is 12.3 Å². The van der Waals surface area contributed by atoms with E-state index in [9.17, 15) is 9.59 Å². The minimum atomic E-state index is -0.820. The molecule has 23 heavy (non-hydrogen) atoms. The second-order valence-corrected chi connectivity index (χ2v) is 5.82. The number of rotatable bonds is 4. The number of aromatic nitrogens is 2. The van der Waals surface area contributed by atoms with Gasteiger partial charge in [0.2, 0.25) is 5.91 Å². The Hall–Kier alpha value is -2.63. The lowest BCUT2D eigenvalue weighted by Crippen LogP contribution is -2.42. The molecule has 2 aromatic rings. The average molecular weight is 313 g/mol. The molecule has 1 aliphatic rings. The molecule has 3 rings (SSSR count). The van der Waals surface area contributed by atoms with Gasteiger partial charge < -0.3 is 10.0 Å². The number of nitrogens with zero attached hydrogens (tertiary/aromatic N) is 3. The van der Waals surface area contributed by atoms with Crippen molar-refractivity contribution in [1.29, 1.82) is 0 Å². The fourth-order valence-electron chi connectivity index (χ4n) is 2.86. The molecule has 2 heterocycles. The van der Waals surface area contributed by atoms with E-state index in [1.54, 1.807) is 15.8 Å². The Morgan fingerprint density at radius 1 is 1.26 bits per heavy atom. The molecular formula is C17H19N3O3. The number of amides is 1. The monoisotopic (exact) mass is 313 g/mol. The van der Waals surface area contributed by atoms with Gasteiger partial charge in [-0.3, -0.25) is 9.59 Å². The minimum Gasteiger partial charge on any atom is -0.481 e. The van der Waals surface area contributed by atoms with Gasteiger partial charge in [-0.05, 0) is 30.5 Å². The van der Waals surface area contributed by atoms with Gasteiger partial charge in [0.25, 0.3) is 0 Å². The molecule has 0 radical (unpaired) electrons. The van der Waals surface area contributed by atoms with Gasteiger partial charge in [-0.25, -0.2) is 4.68 Å². The number of hydrogen-bond acceptors (Lipinski definition) is 3. The maximum atomic E-state index is 12.4. The van der Waals surface area contributed by atoms with Crippen LogP contribution in [0.3, 0.4) is 0 Å². The molecular weight excluding hydrogens is 294 g/mol. The highest BCUT2D eigenvalue weighted by Gasteiger charge is 2.28. The molecule has 1 saturated heterocycles. The molecule has 1 aromatic heterocycles. The first-order valence-corrected chi connectivity index (χ1v) is 7.73. The Balaban J connectivity index is 1.64. The number of carboxylic acid groups (broad SMARTS) is 1. The van der Waals surface area contributed by atoms with Crippen molar-refractivity contribution in [2.45, 2.75) is 19.3 Å². The highest BCUT2D eigenvalue weighted by atomic mass is 16.4. The van der Waals surface area contributed by atoms with E-state index in [1.807, 2.05) is 36.5 Å². The number of piperidine rings is 1. The third kappa shape index (κ3) is 3.59. The lowest BCUT2D eigenvalue weighted by atomic mass is 9.98. The van der Waals surface area contributed by atoms with Crippen LogP contribution in [0.1, 0.15) is 18.4 Å².